The van der Waals surface area contributed by atoms with Crippen molar-refractivity contribution in [1.82, 2.24) is 19.3 Å². The smallest absolute Gasteiger partial charge is 0.279 e. The highest BCUT2D eigenvalue weighted by molar-refractivity contribution is 7.92. The maximum atomic E-state index is 12.4. The van der Waals surface area contributed by atoms with Crippen LogP contribution in [-0.4, -0.2) is 27.7 Å². The second kappa shape index (κ2) is 6.28. The molecule has 0 atom stereocenters. The summed E-state index contributed by atoms with van der Waals surface area (Å²) < 4.78 is 30.3. The molecule has 0 aliphatic carbocycles. The minimum atomic E-state index is -3.73. The van der Waals surface area contributed by atoms with E-state index in [1.165, 1.54) is 35.3 Å². The maximum Gasteiger partial charge on any atom is 0.279 e. The van der Waals surface area contributed by atoms with Gasteiger partial charge in [-0.3, -0.25) is 14.2 Å². The molecule has 124 valence electrons. The fourth-order valence-corrected chi connectivity index (χ4v) is 3.39. The Kier molecular flexibility index (Phi) is 4.17. The van der Waals surface area contributed by atoms with Crippen LogP contribution >= 0.6 is 0 Å². The van der Waals surface area contributed by atoms with Crippen LogP contribution in [-0.2, 0) is 16.6 Å². The molecule has 0 amide bonds. The Bertz CT molecular complexity index is 986. The van der Waals surface area contributed by atoms with Crippen LogP contribution in [0.2, 0.25) is 0 Å². The number of nitrogens with one attached hydrogen (secondary N) is 1. The molecule has 24 heavy (non-hydrogen) atoms. The number of anilines is 1. The number of rotatable bonds is 5. The van der Waals surface area contributed by atoms with Gasteiger partial charge in [0, 0.05) is 31.1 Å². The highest BCUT2D eigenvalue weighted by atomic mass is 32.2. The lowest BCUT2D eigenvalue weighted by Gasteiger charge is -2.10. The molecule has 0 aromatic carbocycles. The van der Waals surface area contributed by atoms with Crippen molar-refractivity contribution in [1.29, 1.82) is 0 Å². The summed E-state index contributed by atoms with van der Waals surface area (Å²) in [6, 6.07) is 7.53. The first kappa shape index (κ1) is 15.9. The van der Waals surface area contributed by atoms with Gasteiger partial charge in [0.2, 0.25) is 0 Å². The zero-order valence-electron chi connectivity index (χ0n) is 12.8. The molecule has 0 saturated heterocycles. The number of sulfonamides is 1. The van der Waals surface area contributed by atoms with E-state index in [4.69, 9.17) is 0 Å². The van der Waals surface area contributed by atoms with Crippen molar-refractivity contribution in [2.24, 2.45) is 0 Å². The number of aromatic nitrogens is 4. The Morgan fingerprint density at radius 3 is 2.50 bits per heavy atom. The molecule has 1 N–H and O–H groups in total. The van der Waals surface area contributed by atoms with Crippen molar-refractivity contribution in [3.63, 3.8) is 0 Å². The first-order valence-corrected chi connectivity index (χ1v) is 8.67. The molecular weight excluding hydrogens is 330 g/mol. The van der Waals surface area contributed by atoms with Crippen molar-refractivity contribution in [2.45, 2.75) is 18.5 Å². The van der Waals surface area contributed by atoms with Gasteiger partial charge in [-0.05, 0) is 25.1 Å². The second-order valence-electron chi connectivity index (χ2n) is 4.94. The summed E-state index contributed by atoms with van der Waals surface area (Å²) in [6.07, 6.45) is 6.04. The lowest BCUT2D eigenvalue weighted by atomic mass is 10.4. The average Bonchev–Trinajstić information content (AvgIpc) is 3.06. The zero-order valence-corrected chi connectivity index (χ0v) is 13.6. The van der Waals surface area contributed by atoms with Crippen LogP contribution < -0.4 is 10.2 Å². The maximum absolute atomic E-state index is 12.4. The fourth-order valence-electron chi connectivity index (χ4n) is 2.16. The number of aryl methyl sites for hydroxylation is 1. The van der Waals surface area contributed by atoms with Crippen LogP contribution in [0, 0.1) is 0 Å². The summed E-state index contributed by atoms with van der Waals surface area (Å²) >= 11 is 0. The quantitative estimate of drug-likeness (QED) is 0.750. The number of nitrogens with zero attached hydrogens (tertiary/aromatic N) is 4. The van der Waals surface area contributed by atoms with E-state index in [0.717, 1.165) is 0 Å². The summed E-state index contributed by atoms with van der Waals surface area (Å²) in [6.45, 7) is 2.26. The van der Waals surface area contributed by atoms with Gasteiger partial charge in [-0.15, -0.1) is 0 Å². The number of pyridine rings is 2. The molecule has 0 aliphatic rings. The molecule has 0 unspecified atom stereocenters. The van der Waals surface area contributed by atoms with Gasteiger partial charge in [0.15, 0.2) is 10.5 Å². The van der Waals surface area contributed by atoms with Gasteiger partial charge >= 0.3 is 0 Å². The van der Waals surface area contributed by atoms with Crippen LogP contribution in [0.1, 0.15) is 6.92 Å². The van der Waals surface area contributed by atoms with E-state index in [0.29, 0.717) is 18.1 Å². The molecule has 9 heteroatoms. The van der Waals surface area contributed by atoms with E-state index >= 15 is 0 Å². The van der Waals surface area contributed by atoms with Crippen molar-refractivity contribution in [2.75, 3.05) is 4.72 Å². The fraction of sp³-hybridized carbons (Fsp3) is 0.133. The van der Waals surface area contributed by atoms with Gasteiger partial charge in [0.1, 0.15) is 5.82 Å². The van der Waals surface area contributed by atoms with Crippen LogP contribution in [0.5, 0.6) is 0 Å². The van der Waals surface area contributed by atoms with Crippen LogP contribution in [0.3, 0.4) is 0 Å². The molecule has 3 aromatic rings. The Morgan fingerprint density at radius 1 is 1.12 bits per heavy atom. The van der Waals surface area contributed by atoms with Gasteiger partial charge in [0.05, 0.1) is 18.1 Å². The summed E-state index contributed by atoms with van der Waals surface area (Å²) in [4.78, 5) is 15.3. The van der Waals surface area contributed by atoms with Crippen LogP contribution in [0.15, 0.2) is 64.9 Å². The molecule has 0 saturated carbocycles. The third kappa shape index (κ3) is 3.20. The topological polar surface area (TPSA) is 98.9 Å². The number of hydrogen-bond donors (Lipinski definition) is 1. The van der Waals surface area contributed by atoms with Gasteiger partial charge in [-0.2, -0.15) is 13.5 Å². The average molecular weight is 345 g/mol. The van der Waals surface area contributed by atoms with Crippen LogP contribution in [0.4, 0.5) is 5.69 Å². The molecule has 0 bridgehead atoms. The molecule has 0 radical (unpaired) electrons. The predicted octanol–water partition coefficient (Wildman–Crippen LogP) is 1.25. The number of hydrogen-bond acceptors (Lipinski definition) is 5. The normalized spacial score (nSPS) is 11.4. The highest BCUT2D eigenvalue weighted by Crippen LogP contribution is 2.16. The van der Waals surface area contributed by atoms with Crippen molar-refractivity contribution < 1.29 is 8.42 Å². The van der Waals surface area contributed by atoms with Gasteiger partial charge in [-0.25, -0.2) is 4.98 Å². The minimum Gasteiger partial charge on any atom is -0.308 e. The lowest BCUT2D eigenvalue weighted by molar-refractivity contribution is 0.558. The Labute approximate surface area is 138 Å². The molecule has 8 nitrogen and oxygen atoms in total. The summed E-state index contributed by atoms with van der Waals surface area (Å²) in [5.74, 6) is 0.566. The summed E-state index contributed by atoms with van der Waals surface area (Å²) in [5, 5.41) is 4.05. The third-order valence-electron chi connectivity index (χ3n) is 3.32. The SMILES string of the molecule is CCn1nccc1S(=O)(=O)Nc1ccc(-n2ccc(=O)cc2)nc1. The standard InChI is InChI=1S/C15H15N5O3S/c1-2-20-15(5-8-17-20)24(22,23)18-12-3-4-14(16-11-12)19-9-6-13(21)7-10-19/h3-11,18H,2H2,1H3. The highest BCUT2D eigenvalue weighted by Gasteiger charge is 2.19. The van der Waals surface area contributed by atoms with Gasteiger partial charge in [-0.1, -0.05) is 0 Å². The second-order valence-corrected chi connectivity index (χ2v) is 6.57. The van der Waals surface area contributed by atoms with Gasteiger partial charge in [0.25, 0.3) is 10.0 Å². The first-order chi connectivity index (χ1) is 11.5. The first-order valence-electron chi connectivity index (χ1n) is 7.19. The summed E-state index contributed by atoms with van der Waals surface area (Å²) in [5.41, 5.74) is 0.242. The molecule has 3 aromatic heterocycles. The minimum absolute atomic E-state index is 0.0921. The Hall–Kier alpha value is -2.94. The zero-order chi connectivity index (χ0) is 17.2. The van der Waals surface area contributed by atoms with Gasteiger partial charge < -0.3 is 4.57 Å². The monoisotopic (exact) mass is 345 g/mol. The largest absolute Gasteiger partial charge is 0.308 e. The van der Waals surface area contributed by atoms with E-state index < -0.39 is 10.0 Å². The molecule has 0 spiro atoms. The Balaban J connectivity index is 1.84. The van der Waals surface area contributed by atoms with E-state index in [1.54, 1.807) is 29.1 Å². The molecular formula is C15H15N5O3S. The lowest BCUT2D eigenvalue weighted by Crippen LogP contribution is -2.18. The van der Waals surface area contributed by atoms with E-state index in [2.05, 4.69) is 14.8 Å². The molecule has 3 heterocycles. The predicted molar refractivity (Wildman–Crippen MR) is 88.5 cm³/mol. The van der Waals surface area contributed by atoms with Crippen LogP contribution in [0.25, 0.3) is 5.82 Å². The summed E-state index contributed by atoms with van der Waals surface area (Å²) in [7, 11) is -3.73. The molecule has 0 fully saturated rings. The van der Waals surface area contributed by atoms with Crippen molar-refractivity contribution >= 4 is 15.7 Å². The Morgan fingerprint density at radius 2 is 1.88 bits per heavy atom. The van der Waals surface area contributed by atoms with E-state index in [9.17, 15) is 13.2 Å². The molecule has 0 aliphatic heterocycles. The van der Waals surface area contributed by atoms with E-state index in [1.807, 2.05) is 6.92 Å². The van der Waals surface area contributed by atoms with E-state index in [-0.39, 0.29) is 10.5 Å². The molecule has 3 rings (SSSR count). The van der Waals surface area contributed by atoms with Crippen molar-refractivity contribution in [3.05, 3.63) is 65.3 Å². The third-order valence-corrected chi connectivity index (χ3v) is 4.72. The van der Waals surface area contributed by atoms with Crippen molar-refractivity contribution in [3.8, 4) is 5.82 Å².